The fraction of sp³-hybridized carbons (Fsp3) is 0.300. The zero-order valence-electron chi connectivity index (χ0n) is 14.4. The Balaban J connectivity index is 2.00. The SMILES string of the molecule is COC(C(=O)NCC(Cc1cccc(C)c1)C(=O)O)c1ccccc1. The first kappa shape index (κ1) is 18.7. The van der Waals surface area contributed by atoms with Gasteiger partial charge in [-0.3, -0.25) is 9.59 Å². The molecule has 0 fully saturated rings. The Morgan fingerprint density at radius 2 is 1.84 bits per heavy atom. The van der Waals surface area contributed by atoms with Gasteiger partial charge >= 0.3 is 5.97 Å². The molecule has 2 rings (SSSR count). The van der Waals surface area contributed by atoms with E-state index in [0.29, 0.717) is 6.42 Å². The molecule has 2 N–H and O–H groups in total. The molecule has 2 atom stereocenters. The molecule has 2 unspecified atom stereocenters. The minimum Gasteiger partial charge on any atom is -0.481 e. The summed E-state index contributed by atoms with van der Waals surface area (Å²) in [4.78, 5) is 23.9. The average Bonchev–Trinajstić information content (AvgIpc) is 2.60. The van der Waals surface area contributed by atoms with Gasteiger partial charge in [0, 0.05) is 13.7 Å². The molecule has 132 valence electrons. The van der Waals surface area contributed by atoms with Crippen LogP contribution in [-0.2, 0) is 20.7 Å². The molecule has 5 heteroatoms. The Morgan fingerprint density at radius 1 is 1.12 bits per heavy atom. The molecule has 5 nitrogen and oxygen atoms in total. The number of hydrogen-bond donors (Lipinski definition) is 2. The molecule has 25 heavy (non-hydrogen) atoms. The summed E-state index contributed by atoms with van der Waals surface area (Å²) >= 11 is 0. The van der Waals surface area contributed by atoms with E-state index < -0.39 is 18.0 Å². The number of ether oxygens (including phenoxy) is 1. The van der Waals surface area contributed by atoms with Gasteiger partial charge in [-0.1, -0.05) is 60.2 Å². The third-order valence-electron chi connectivity index (χ3n) is 4.01. The zero-order chi connectivity index (χ0) is 18.2. The van der Waals surface area contributed by atoms with Crippen molar-refractivity contribution >= 4 is 11.9 Å². The quantitative estimate of drug-likeness (QED) is 0.774. The number of hydrogen-bond acceptors (Lipinski definition) is 3. The van der Waals surface area contributed by atoms with Crippen molar-refractivity contribution in [2.24, 2.45) is 5.92 Å². The lowest BCUT2D eigenvalue weighted by molar-refractivity contribution is -0.142. The van der Waals surface area contributed by atoms with E-state index in [1.807, 2.05) is 49.4 Å². The lowest BCUT2D eigenvalue weighted by Gasteiger charge is -2.18. The predicted molar refractivity (Wildman–Crippen MR) is 95.2 cm³/mol. The van der Waals surface area contributed by atoms with Crippen molar-refractivity contribution < 1.29 is 19.4 Å². The monoisotopic (exact) mass is 341 g/mol. The average molecular weight is 341 g/mol. The van der Waals surface area contributed by atoms with Crippen LogP contribution in [0.15, 0.2) is 54.6 Å². The number of carbonyl (C=O) groups excluding carboxylic acids is 1. The summed E-state index contributed by atoms with van der Waals surface area (Å²) in [6.45, 7) is 2.01. The maximum atomic E-state index is 12.4. The summed E-state index contributed by atoms with van der Waals surface area (Å²) in [5, 5.41) is 12.2. The molecular formula is C20H23NO4. The van der Waals surface area contributed by atoms with Crippen molar-refractivity contribution in [3.8, 4) is 0 Å². The molecule has 0 aliphatic rings. The number of carboxylic acid groups (broad SMARTS) is 1. The molecule has 0 heterocycles. The lowest BCUT2D eigenvalue weighted by Crippen LogP contribution is -2.37. The molecule has 0 spiro atoms. The number of aliphatic carboxylic acids is 1. The molecular weight excluding hydrogens is 318 g/mol. The van der Waals surface area contributed by atoms with Gasteiger partial charge in [0.05, 0.1) is 5.92 Å². The Morgan fingerprint density at radius 3 is 2.44 bits per heavy atom. The van der Waals surface area contributed by atoms with Gasteiger partial charge in [0.1, 0.15) is 0 Å². The number of nitrogens with one attached hydrogen (secondary N) is 1. The van der Waals surface area contributed by atoms with Gasteiger partial charge in [-0.2, -0.15) is 0 Å². The van der Waals surface area contributed by atoms with Crippen LogP contribution < -0.4 is 5.32 Å². The highest BCUT2D eigenvalue weighted by Crippen LogP contribution is 2.17. The number of rotatable bonds is 8. The summed E-state index contributed by atoms with van der Waals surface area (Å²) in [6.07, 6.45) is -0.394. The maximum absolute atomic E-state index is 12.4. The second kappa shape index (κ2) is 8.99. The van der Waals surface area contributed by atoms with Crippen LogP contribution in [0.4, 0.5) is 0 Å². The molecule has 0 aromatic heterocycles. The van der Waals surface area contributed by atoms with Crippen LogP contribution in [0.25, 0.3) is 0 Å². The van der Waals surface area contributed by atoms with E-state index in [4.69, 9.17) is 4.74 Å². The van der Waals surface area contributed by atoms with Crippen LogP contribution >= 0.6 is 0 Å². The molecule has 0 aliphatic heterocycles. The number of benzene rings is 2. The predicted octanol–water partition coefficient (Wildman–Crippen LogP) is 2.74. The van der Waals surface area contributed by atoms with Gasteiger partial charge in [0.25, 0.3) is 5.91 Å². The van der Waals surface area contributed by atoms with E-state index in [0.717, 1.165) is 16.7 Å². The van der Waals surface area contributed by atoms with Crippen molar-refractivity contribution in [3.63, 3.8) is 0 Å². The maximum Gasteiger partial charge on any atom is 0.308 e. The summed E-state index contributed by atoms with van der Waals surface area (Å²) in [5.74, 6) is -1.97. The summed E-state index contributed by atoms with van der Waals surface area (Å²) in [6, 6.07) is 16.8. The van der Waals surface area contributed by atoms with Crippen molar-refractivity contribution in [1.29, 1.82) is 0 Å². The van der Waals surface area contributed by atoms with E-state index in [1.165, 1.54) is 7.11 Å². The van der Waals surface area contributed by atoms with E-state index in [9.17, 15) is 14.7 Å². The van der Waals surface area contributed by atoms with Crippen LogP contribution in [0, 0.1) is 12.8 Å². The Kier molecular flexibility index (Phi) is 6.71. The smallest absolute Gasteiger partial charge is 0.308 e. The first-order chi connectivity index (χ1) is 12.0. The number of amides is 1. The lowest BCUT2D eigenvalue weighted by atomic mass is 9.98. The van der Waals surface area contributed by atoms with E-state index in [-0.39, 0.29) is 12.5 Å². The van der Waals surface area contributed by atoms with Crippen molar-refractivity contribution in [2.75, 3.05) is 13.7 Å². The van der Waals surface area contributed by atoms with Gasteiger partial charge < -0.3 is 15.2 Å². The highest BCUT2D eigenvalue weighted by atomic mass is 16.5. The molecule has 1 amide bonds. The topological polar surface area (TPSA) is 75.6 Å². The highest BCUT2D eigenvalue weighted by Gasteiger charge is 2.23. The number of methoxy groups -OCH3 is 1. The van der Waals surface area contributed by atoms with Crippen LogP contribution in [-0.4, -0.2) is 30.6 Å². The molecule has 0 saturated carbocycles. The number of carbonyl (C=O) groups is 2. The third kappa shape index (κ3) is 5.43. The first-order valence-electron chi connectivity index (χ1n) is 8.15. The van der Waals surface area contributed by atoms with Gasteiger partial charge in [0.2, 0.25) is 0 Å². The summed E-state index contributed by atoms with van der Waals surface area (Å²) in [7, 11) is 1.46. The van der Waals surface area contributed by atoms with Crippen LogP contribution in [0.1, 0.15) is 22.8 Å². The Hall–Kier alpha value is -2.66. The summed E-state index contributed by atoms with van der Waals surface area (Å²) in [5.41, 5.74) is 2.75. The highest BCUT2D eigenvalue weighted by molar-refractivity contribution is 5.82. The van der Waals surface area contributed by atoms with Crippen LogP contribution in [0.5, 0.6) is 0 Å². The molecule has 2 aromatic rings. The van der Waals surface area contributed by atoms with Gasteiger partial charge in [-0.25, -0.2) is 0 Å². The normalized spacial score (nSPS) is 13.0. The minimum atomic E-state index is -0.935. The van der Waals surface area contributed by atoms with Crippen molar-refractivity contribution in [2.45, 2.75) is 19.4 Å². The van der Waals surface area contributed by atoms with Gasteiger partial charge in [-0.05, 0) is 24.5 Å². The molecule has 2 aromatic carbocycles. The number of aryl methyl sites for hydroxylation is 1. The second-order valence-corrected chi connectivity index (χ2v) is 6.00. The zero-order valence-corrected chi connectivity index (χ0v) is 14.4. The van der Waals surface area contributed by atoms with Crippen molar-refractivity contribution in [3.05, 3.63) is 71.3 Å². The number of carboxylic acids is 1. The van der Waals surface area contributed by atoms with E-state index >= 15 is 0 Å². The van der Waals surface area contributed by atoms with E-state index in [1.54, 1.807) is 12.1 Å². The summed E-state index contributed by atoms with van der Waals surface area (Å²) < 4.78 is 5.27. The third-order valence-corrected chi connectivity index (χ3v) is 4.01. The van der Waals surface area contributed by atoms with E-state index in [2.05, 4.69) is 5.32 Å². The molecule has 0 saturated heterocycles. The molecule has 0 bridgehead atoms. The first-order valence-corrected chi connectivity index (χ1v) is 8.15. The van der Waals surface area contributed by atoms with Crippen LogP contribution in [0.2, 0.25) is 0 Å². The second-order valence-electron chi connectivity index (χ2n) is 6.00. The van der Waals surface area contributed by atoms with Crippen LogP contribution in [0.3, 0.4) is 0 Å². The Labute approximate surface area is 147 Å². The molecule has 0 aliphatic carbocycles. The van der Waals surface area contributed by atoms with Crippen molar-refractivity contribution in [1.82, 2.24) is 5.32 Å². The van der Waals surface area contributed by atoms with Gasteiger partial charge in [0.15, 0.2) is 6.10 Å². The Bertz CT molecular complexity index is 715. The fourth-order valence-electron chi connectivity index (χ4n) is 2.71. The minimum absolute atomic E-state index is 0.0504. The standard InChI is InChI=1S/C20H23NO4/c1-14-7-6-8-15(11-14)12-17(20(23)24)13-21-19(22)18(25-2)16-9-4-3-5-10-16/h3-11,17-18H,12-13H2,1-2H3,(H,21,22)(H,23,24). The molecule has 0 radical (unpaired) electrons. The fourth-order valence-corrected chi connectivity index (χ4v) is 2.71. The van der Waals surface area contributed by atoms with Gasteiger partial charge in [-0.15, -0.1) is 0 Å². The largest absolute Gasteiger partial charge is 0.481 e.